The van der Waals surface area contributed by atoms with Crippen LogP contribution in [0.1, 0.15) is 75.8 Å². The van der Waals surface area contributed by atoms with Gasteiger partial charge in [0, 0.05) is 18.0 Å². The van der Waals surface area contributed by atoms with Gasteiger partial charge in [0.1, 0.15) is 0 Å². The molecule has 1 aromatic carbocycles. The Morgan fingerprint density at radius 2 is 1.58 bits per heavy atom. The van der Waals surface area contributed by atoms with Crippen molar-refractivity contribution < 1.29 is 0 Å². The molecule has 0 atom stereocenters. The molecule has 1 aliphatic rings. The smallest absolute Gasteiger partial charge is 0.159 e. The molecular formula is C22H30N2. The van der Waals surface area contributed by atoms with Crippen molar-refractivity contribution in [1.29, 1.82) is 0 Å². The zero-order chi connectivity index (χ0) is 16.8. The summed E-state index contributed by atoms with van der Waals surface area (Å²) in [5.41, 5.74) is 3.86. The molecule has 0 amide bonds. The SMILES string of the molecule is CCCCCc1ccc(-c2ncc([C@H]3CC[C@H](C)CC3)cn2)cc1. The molecule has 3 rings (SSSR count). The Morgan fingerprint density at radius 3 is 2.21 bits per heavy atom. The molecule has 0 bridgehead atoms. The third-order valence-electron chi connectivity index (χ3n) is 5.44. The third-order valence-corrected chi connectivity index (χ3v) is 5.44. The van der Waals surface area contributed by atoms with E-state index in [1.54, 1.807) is 0 Å². The number of aryl methyl sites for hydroxylation is 1. The van der Waals surface area contributed by atoms with Crippen molar-refractivity contribution in [3.63, 3.8) is 0 Å². The number of unbranched alkanes of at least 4 members (excludes halogenated alkanes) is 2. The normalized spacial score (nSPS) is 20.9. The summed E-state index contributed by atoms with van der Waals surface area (Å²) >= 11 is 0. The lowest BCUT2D eigenvalue weighted by Gasteiger charge is -2.25. The highest BCUT2D eigenvalue weighted by atomic mass is 14.9. The number of rotatable bonds is 6. The minimum Gasteiger partial charge on any atom is -0.236 e. The van der Waals surface area contributed by atoms with Gasteiger partial charge in [0.05, 0.1) is 0 Å². The highest BCUT2D eigenvalue weighted by Gasteiger charge is 2.20. The van der Waals surface area contributed by atoms with E-state index in [0.717, 1.165) is 17.3 Å². The van der Waals surface area contributed by atoms with Crippen LogP contribution in [0, 0.1) is 5.92 Å². The summed E-state index contributed by atoms with van der Waals surface area (Å²) in [7, 11) is 0. The number of hydrogen-bond acceptors (Lipinski definition) is 2. The summed E-state index contributed by atoms with van der Waals surface area (Å²) in [5, 5.41) is 0. The zero-order valence-electron chi connectivity index (χ0n) is 15.2. The molecule has 0 radical (unpaired) electrons. The van der Waals surface area contributed by atoms with Crippen molar-refractivity contribution in [1.82, 2.24) is 9.97 Å². The Morgan fingerprint density at radius 1 is 0.917 bits per heavy atom. The van der Waals surface area contributed by atoms with Gasteiger partial charge in [0.25, 0.3) is 0 Å². The Kier molecular flexibility index (Phi) is 6.01. The number of nitrogens with zero attached hydrogens (tertiary/aromatic N) is 2. The maximum Gasteiger partial charge on any atom is 0.159 e. The van der Waals surface area contributed by atoms with Crippen molar-refractivity contribution in [2.24, 2.45) is 5.92 Å². The second-order valence-corrected chi connectivity index (χ2v) is 7.45. The summed E-state index contributed by atoms with van der Waals surface area (Å²) in [5.74, 6) is 2.40. The van der Waals surface area contributed by atoms with Crippen molar-refractivity contribution in [3.05, 3.63) is 47.8 Å². The lowest BCUT2D eigenvalue weighted by Crippen LogP contribution is -2.11. The van der Waals surface area contributed by atoms with Gasteiger partial charge in [-0.25, -0.2) is 9.97 Å². The number of benzene rings is 1. The summed E-state index contributed by atoms with van der Waals surface area (Å²) in [6.07, 6.45) is 14.4. The molecule has 1 fully saturated rings. The lowest BCUT2D eigenvalue weighted by atomic mass is 9.80. The maximum atomic E-state index is 4.64. The molecule has 2 nitrogen and oxygen atoms in total. The lowest BCUT2D eigenvalue weighted by molar-refractivity contribution is 0.347. The largest absolute Gasteiger partial charge is 0.236 e. The monoisotopic (exact) mass is 322 g/mol. The second-order valence-electron chi connectivity index (χ2n) is 7.45. The van der Waals surface area contributed by atoms with Gasteiger partial charge >= 0.3 is 0 Å². The fraction of sp³-hybridized carbons (Fsp3) is 0.545. The van der Waals surface area contributed by atoms with Crippen LogP contribution in [-0.4, -0.2) is 9.97 Å². The van der Waals surface area contributed by atoms with Crippen LogP contribution in [0.25, 0.3) is 11.4 Å². The average Bonchev–Trinajstić information content (AvgIpc) is 2.63. The predicted octanol–water partition coefficient (Wildman–Crippen LogP) is 6.17. The zero-order valence-corrected chi connectivity index (χ0v) is 15.2. The first-order valence-electron chi connectivity index (χ1n) is 9.67. The number of hydrogen-bond donors (Lipinski definition) is 0. The summed E-state index contributed by atoms with van der Waals surface area (Å²) in [4.78, 5) is 9.27. The highest BCUT2D eigenvalue weighted by Crippen LogP contribution is 2.35. The fourth-order valence-corrected chi connectivity index (χ4v) is 3.69. The van der Waals surface area contributed by atoms with Crippen molar-refractivity contribution in [2.75, 3.05) is 0 Å². The van der Waals surface area contributed by atoms with E-state index in [1.165, 1.54) is 62.5 Å². The molecule has 0 N–H and O–H groups in total. The van der Waals surface area contributed by atoms with Crippen molar-refractivity contribution >= 4 is 0 Å². The van der Waals surface area contributed by atoms with E-state index in [4.69, 9.17) is 0 Å². The molecule has 0 spiro atoms. The van der Waals surface area contributed by atoms with E-state index >= 15 is 0 Å². The average molecular weight is 322 g/mol. The van der Waals surface area contributed by atoms with Crippen LogP contribution < -0.4 is 0 Å². The first-order chi connectivity index (χ1) is 11.8. The molecule has 2 heteroatoms. The van der Waals surface area contributed by atoms with Crippen LogP contribution in [-0.2, 0) is 6.42 Å². The van der Waals surface area contributed by atoms with Crippen LogP contribution in [0.5, 0.6) is 0 Å². The fourth-order valence-electron chi connectivity index (χ4n) is 3.69. The quantitative estimate of drug-likeness (QED) is 0.594. The maximum absolute atomic E-state index is 4.64. The van der Waals surface area contributed by atoms with E-state index in [9.17, 15) is 0 Å². The van der Waals surface area contributed by atoms with Crippen LogP contribution in [0.15, 0.2) is 36.7 Å². The predicted molar refractivity (Wildman–Crippen MR) is 101 cm³/mol. The van der Waals surface area contributed by atoms with E-state index < -0.39 is 0 Å². The van der Waals surface area contributed by atoms with Crippen LogP contribution in [0.2, 0.25) is 0 Å². The van der Waals surface area contributed by atoms with E-state index in [2.05, 4.69) is 60.5 Å². The standard InChI is InChI=1S/C22H30N2/c1-3-4-5-6-18-9-13-20(14-10-18)22-23-15-21(16-24-22)19-11-7-17(2)8-12-19/h9-10,13-17,19H,3-8,11-12H2,1-2H3/t17-,19-. The minimum absolute atomic E-state index is 0.663. The molecule has 1 heterocycles. The van der Waals surface area contributed by atoms with Gasteiger partial charge in [-0.2, -0.15) is 0 Å². The Balaban J connectivity index is 1.62. The van der Waals surface area contributed by atoms with Crippen LogP contribution in [0.3, 0.4) is 0 Å². The molecule has 1 saturated carbocycles. The van der Waals surface area contributed by atoms with Crippen LogP contribution in [0.4, 0.5) is 0 Å². The second kappa shape index (κ2) is 8.41. The molecular weight excluding hydrogens is 292 g/mol. The molecule has 128 valence electrons. The Bertz CT molecular complexity index is 607. The number of aromatic nitrogens is 2. The molecule has 24 heavy (non-hydrogen) atoms. The van der Waals surface area contributed by atoms with Crippen LogP contribution >= 0.6 is 0 Å². The van der Waals surface area contributed by atoms with Crippen molar-refractivity contribution in [3.8, 4) is 11.4 Å². The molecule has 0 aliphatic heterocycles. The summed E-state index contributed by atoms with van der Waals surface area (Å²) < 4.78 is 0. The molecule has 0 saturated heterocycles. The van der Waals surface area contributed by atoms with Gasteiger partial charge in [0.15, 0.2) is 5.82 Å². The van der Waals surface area contributed by atoms with Crippen molar-refractivity contribution in [2.45, 2.75) is 71.1 Å². The molecule has 1 aliphatic carbocycles. The van der Waals surface area contributed by atoms with E-state index in [0.29, 0.717) is 5.92 Å². The molecule has 0 unspecified atom stereocenters. The topological polar surface area (TPSA) is 25.8 Å². The third kappa shape index (κ3) is 4.43. The van der Waals surface area contributed by atoms with Gasteiger partial charge in [-0.05, 0) is 48.6 Å². The van der Waals surface area contributed by atoms with Gasteiger partial charge in [-0.3, -0.25) is 0 Å². The summed E-state index contributed by atoms with van der Waals surface area (Å²) in [6.45, 7) is 4.61. The van der Waals surface area contributed by atoms with E-state index in [-0.39, 0.29) is 0 Å². The van der Waals surface area contributed by atoms with Gasteiger partial charge in [-0.1, -0.05) is 63.8 Å². The highest BCUT2D eigenvalue weighted by molar-refractivity contribution is 5.55. The first kappa shape index (κ1) is 17.1. The Labute approximate surface area is 146 Å². The Hall–Kier alpha value is -1.70. The van der Waals surface area contributed by atoms with Gasteiger partial charge in [0.2, 0.25) is 0 Å². The summed E-state index contributed by atoms with van der Waals surface area (Å²) in [6, 6.07) is 8.78. The first-order valence-corrected chi connectivity index (χ1v) is 9.67. The van der Waals surface area contributed by atoms with Gasteiger partial charge < -0.3 is 0 Å². The van der Waals surface area contributed by atoms with E-state index in [1.807, 2.05) is 0 Å². The van der Waals surface area contributed by atoms with Gasteiger partial charge in [-0.15, -0.1) is 0 Å². The minimum atomic E-state index is 0.663. The molecule has 1 aromatic heterocycles. The molecule has 2 aromatic rings.